The maximum absolute atomic E-state index is 11.2. The number of aliphatic hydroxyl groups excluding tert-OH is 1. The standard InChI is InChI=1S/C11H22O3S/c1-2-3-4-5-6-7-11(13)14-10(8-12)9-15/h10,12,15H,2-9H2,1H3. The van der Waals surface area contributed by atoms with Crippen molar-refractivity contribution < 1.29 is 14.6 Å². The fourth-order valence-corrected chi connectivity index (χ4v) is 1.44. The second kappa shape index (κ2) is 10.3. The SMILES string of the molecule is CCCCCCCC(=O)OC(CO)CS. The Morgan fingerprint density at radius 3 is 2.53 bits per heavy atom. The van der Waals surface area contributed by atoms with Crippen molar-refractivity contribution in [2.45, 2.75) is 51.6 Å². The number of hydrogen-bond donors (Lipinski definition) is 2. The van der Waals surface area contributed by atoms with Crippen LogP contribution < -0.4 is 0 Å². The van der Waals surface area contributed by atoms with Crippen LogP contribution in [-0.2, 0) is 9.53 Å². The van der Waals surface area contributed by atoms with Gasteiger partial charge in [-0.25, -0.2) is 0 Å². The third-order valence-electron chi connectivity index (χ3n) is 2.19. The summed E-state index contributed by atoms with van der Waals surface area (Å²) in [6.45, 7) is 2.01. The Morgan fingerprint density at radius 1 is 1.33 bits per heavy atom. The van der Waals surface area contributed by atoms with E-state index in [0.717, 1.165) is 12.8 Å². The summed E-state index contributed by atoms with van der Waals surface area (Å²) in [7, 11) is 0. The molecule has 4 heteroatoms. The fraction of sp³-hybridized carbons (Fsp3) is 0.909. The first-order valence-electron chi connectivity index (χ1n) is 5.65. The van der Waals surface area contributed by atoms with Crippen LogP contribution in [0.15, 0.2) is 0 Å². The maximum Gasteiger partial charge on any atom is 0.306 e. The first kappa shape index (κ1) is 14.8. The smallest absolute Gasteiger partial charge is 0.306 e. The molecule has 1 atom stereocenters. The highest BCUT2D eigenvalue weighted by molar-refractivity contribution is 7.80. The van der Waals surface area contributed by atoms with Gasteiger partial charge in [-0.3, -0.25) is 4.79 Å². The van der Waals surface area contributed by atoms with Crippen LogP contribution in [0, 0.1) is 0 Å². The highest BCUT2D eigenvalue weighted by atomic mass is 32.1. The normalized spacial score (nSPS) is 12.5. The summed E-state index contributed by atoms with van der Waals surface area (Å²) in [5.74, 6) is 0.150. The number of hydrogen-bond acceptors (Lipinski definition) is 4. The van der Waals surface area contributed by atoms with Gasteiger partial charge in [-0.05, 0) is 6.42 Å². The Balaban J connectivity index is 3.40. The lowest BCUT2D eigenvalue weighted by atomic mass is 10.1. The molecule has 0 saturated heterocycles. The van der Waals surface area contributed by atoms with Crippen LogP contribution in [0.4, 0.5) is 0 Å². The molecule has 0 spiro atoms. The summed E-state index contributed by atoms with van der Waals surface area (Å²) in [6.07, 6.45) is 5.57. The summed E-state index contributed by atoms with van der Waals surface area (Å²) < 4.78 is 4.99. The van der Waals surface area contributed by atoms with Crippen LogP contribution in [-0.4, -0.2) is 29.5 Å². The van der Waals surface area contributed by atoms with Gasteiger partial charge in [-0.2, -0.15) is 12.6 Å². The van der Waals surface area contributed by atoms with Gasteiger partial charge in [0, 0.05) is 12.2 Å². The van der Waals surface area contributed by atoms with Crippen molar-refractivity contribution in [3.05, 3.63) is 0 Å². The van der Waals surface area contributed by atoms with Crippen LogP contribution in [0.1, 0.15) is 45.4 Å². The van der Waals surface area contributed by atoms with Crippen molar-refractivity contribution in [1.29, 1.82) is 0 Å². The first-order chi connectivity index (χ1) is 7.24. The predicted molar refractivity (Wildman–Crippen MR) is 64.2 cm³/mol. The van der Waals surface area contributed by atoms with Crippen LogP contribution >= 0.6 is 12.6 Å². The molecule has 0 rings (SSSR count). The Kier molecular flexibility index (Phi) is 10.2. The van der Waals surface area contributed by atoms with Gasteiger partial charge in [0.15, 0.2) is 0 Å². The molecule has 0 aliphatic carbocycles. The number of esters is 1. The first-order valence-corrected chi connectivity index (χ1v) is 6.29. The molecule has 0 aliphatic rings. The van der Waals surface area contributed by atoms with Crippen LogP contribution in [0.3, 0.4) is 0 Å². The molecule has 1 N–H and O–H groups in total. The van der Waals surface area contributed by atoms with Gasteiger partial charge in [0.25, 0.3) is 0 Å². The number of unbranched alkanes of at least 4 members (excludes halogenated alkanes) is 4. The lowest BCUT2D eigenvalue weighted by molar-refractivity contribution is -0.149. The molecule has 0 fully saturated rings. The second-order valence-corrected chi connectivity index (χ2v) is 4.01. The van der Waals surface area contributed by atoms with E-state index >= 15 is 0 Å². The lowest BCUT2D eigenvalue weighted by Gasteiger charge is -2.12. The quantitative estimate of drug-likeness (QED) is 0.365. The Hall–Kier alpha value is -0.220. The van der Waals surface area contributed by atoms with Crippen molar-refractivity contribution in [2.24, 2.45) is 0 Å². The molecular weight excluding hydrogens is 212 g/mol. The largest absolute Gasteiger partial charge is 0.459 e. The topological polar surface area (TPSA) is 46.5 Å². The van der Waals surface area contributed by atoms with Gasteiger partial charge in [0.1, 0.15) is 6.10 Å². The number of carbonyl (C=O) groups excluding carboxylic acids is 1. The summed E-state index contributed by atoms with van der Waals surface area (Å²) in [4.78, 5) is 11.2. The Labute approximate surface area is 97.6 Å². The van der Waals surface area contributed by atoms with Crippen LogP contribution in [0.5, 0.6) is 0 Å². The molecule has 0 radical (unpaired) electrons. The Morgan fingerprint density at radius 2 is 2.00 bits per heavy atom. The minimum atomic E-state index is -0.448. The summed E-state index contributed by atoms with van der Waals surface area (Å²) >= 11 is 3.97. The van der Waals surface area contributed by atoms with Crippen molar-refractivity contribution in [3.63, 3.8) is 0 Å². The van der Waals surface area contributed by atoms with E-state index in [-0.39, 0.29) is 12.6 Å². The monoisotopic (exact) mass is 234 g/mol. The number of ether oxygens (including phenoxy) is 1. The predicted octanol–water partition coefficient (Wildman–Crippen LogP) is 2.18. The van der Waals surface area contributed by atoms with E-state index in [9.17, 15) is 4.79 Å². The van der Waals surface area contributed by atoms with Crippen LogP contribution in [0.2, 0.25) is 0 Å². The third kappa shape index (κ3) is 8.75. The van der Waals surface area contributed by atoms with Gasteiger partial charge in [-0.15, -0.1) is 0 Å². The number of aliphatic hydroxyl groups is 1. The Bertz CT molecular complexity index is 158. The van der Waals surface area contributed by atoms with E-state index in [4.69, 9.17) is 9.84 Å². The third-order valence-corrected chi connectivity index (χ3v) is 2.60. The molecule has 1 unspecified atom stereocenters. The molecule has 0 bridgehead atoms. The highest BCUT2D eigenvalue weighted by Crippen LogP contribution is 2.06. The lowest BCUT2D eigenvalue weighted by Crippen LogP contribution is -2.23. The van der Waals surface area contributed by atoms with E-state index in [2.05, 4.69) is 19.6 Å². The summed E-state index contributed by atoms with van der Waals surface area (Å²) in [5, 5.41) is 8.79. The summed E-state index contributed by atoms with van der Waals surface area (Å²) in [5.41, 5.74) is 0. The van der Waals surface area contributed by atoms with Gasteiger partial charge >= 0.3 is 5.97 Å². The van der Waals surface area contributed by atoms with Gasteiger partial charge in [0.2, 0.25) is 0 Å². The van der Waals surface area contributed by atoms with E-state index in [1.54, 1.807) is 0 Å². The van der Waals surface area contributed by atoms with Crippen molar-refractivity contribution >= 4 is 18.6 Å². The van der Waals surface area contributed by atoms with E-state index < -0.39 is 6.10 Å². The summed E-state index contributed by atoms with van der Waals surface area (Å²) in [6, 6.07) is 0. The van der Waals surface area contributed by atoms with Gasteiger partial charge in [0.05, 0.1) is 6.61 Å². The van der Waals surface area contributed by atoms with Crippen molar-refractivity contribution in [3.8, 4) is 0 Å². The van der Waals surface area contributed by atoms with E-state index in [1.165, 1.54) is 19.3 Å². The molecule has 0 amide bonds. The molecule has 90 valence electrons. The fourth-order valence-electron chi connectivity index (χ4n) is 1.25. The maximum atomic E-state index is 11.2. The molecule has 3 nitrogen and oxygen atoms in total. The minimum Gasteiger partial charge on any atom is -0.459 e. The van der Waals surface area contributed by atoms with E-state index in [0.29, 0.717) is 12.2 Å². The molecule has 0 aromatic heterocycles. The van der Waals surface area contributed by atoms with Gasteiger partial charge < -0.3 is 9.84 Å². The zero-order chi connectivity index (χ0) is 11.5. The molecule has 0 heterocycles. The number of thiol groups is 1. The molecule has 0 aromatic rings. The molecule has 15 heavy (non-hydrogen) atoms. The van der Waals surface area contributed by atoms with Crippen molar-refractivity contribution in [2.75, 3.05) is 12.4 Å². The number of carbonyl (C=O) groups is 1. The molecule has 0 saturated carbocycles. The number of rotatable bonds is 9. The second-order valence-electron chi connectivity index (χ2n) is 3.64. The minimum absolute atomic E-state index is 0.148. The van der Waals surface area contributed by atoms with Crippen LogP contribution in [0.25, 0.3) is 0 Å². The molecular formula is C11H22O3S. The van der Waals surface area contributed by atoms with Crippen molar-refractivity contribution in [1.82, 2.24) is 0 Å². The average molecular weight is 234 g/mol. The molecule has 0 aliphatic heterocycles. The van der Waals surface area contributed by atoms with E-state index in [1.807, 2.05) is 0 Å². The average Bonchev–Trinajstić information content (AvgIpc) is 2.25. The highest BCUT2D eigenvalue weighted by Gasteiger charge is 2.10. The van der Waals surface area contributed by atoms with Gasteiger partial charge in [-0.1, -0.05) is 32.6 Å². The zero-order valence-corrected chi connectivity index (χ0v) is 10.3. The molecule has 0 aromatic carbocycles. The zero-order valence-electron chi connectivity index (χ0n) is 9.45.